The third-order valence-electron chi connectivity index (χ3n) is 2.82. The fraction of sp³-hybridized carbons (Fsp3) is 0.438. The van der Waals surface area contributed by atoms with Crippen LogP contribution in [0.3, 0.4) is 0 Å². The molecule has 0 saturated carbocycles. The highest BCUT2D eigenvalue weighted by Gasteiger charge is 2.16. The van der Waals surface area contributed by atoms with Crippen molar-refractivity contribution in [3.63, 3.8) is 0 Å². The molecule has 7 heteroatoms. The second-order valence-corrected chi connectivity index (χ2v) is 5.89. The summed E-state index contributed by atoms with van der Waals surface area (Å²) in [4.78, 5) is 15.9. The second-order valence-electron chi connectivity index (χ2n) is 5.89. The quantitative estimate of drug-likeness (QED) is 0.912. The van der Waals surface area contributed by atoms with E-state index in [-0.39, 0.29) is 0 Å². The Kier molecular flexibility index (Phi) is 5.20. The number of hydrogen-bond donors (Lipinski definition) is 1. The second kappa shape index (κ2) is 7.13. The summed E-state index contributed by atoms with van der Waals surface area (Å²) >= 11 is 0. The van der Waals surface area contributed by atoms with E-state index in [0.29, 0.717) is 30.4 Å². The fourth-order valence-electron chi connectivity index (χ4n) is 1.88. The largest absolute Gasteiger partial charge is 0.496 e. The molecule has 1 aromatic heterocycles. The number of nitrogens with zero attached hydrogens (tertiary/aromatic N) is 2. The first-order chi connectivity index (χ1) is 10.9. The van der Waals surface area contributed by atoms with Crippen LogP contribution in [0.4, 0.5) is 4.79 Å². The van der Waals surface area contributed by atoms with Crippen molar-refractivity contribution in [1.82, 2.24) is 15.5 Å². The smallest absolute Gasteiger partial charge is 0.407 e. The molecule has 0 atom stereocenters. The van der Waals surface area contributed by atoms with Crippen LogP contribution in [0.5, 0.6) is 5.75 Å². The van der Waals surface area contributed by atoms with Crippen LogP contribution in [0.15, 0.2) is 28.8 Å². The Labute approximate surface area is 135 Å². The van der Waals surface area contributed by atoms with Crippen molar-refractivity contribution in [2.75, 3.05) is 13.7 Å². The maximum Gasteiger partial charge on any atom is 0.407 e. The summed E-state index contributed by atoms with van der Waals surface area (Å²) in [6, 6.07) is 7.40. The predicted octanol–water partition coefficient (Wildman–Crippen LogP) is 2.81. The summed E-state index contributed by atoms with van der Waals surface area (Å²) < 4.78 is 15.7. The van der Waals surface area contributed by atoms with Gasteiger partial charge in [0.15, 0.2) is 5.82 Å². The van der Waals surface area contributed by atoms with Gasteiger partial charge in [-0.05, 0) is 32.9 Å². The molecule has 0 bridgehead atoms. The van der Waals surface area contributed by atoms with Crippen LogP contribution < -0.4 is 10.1 Å². The van der Waals surface area contributed by atoms with Gasteiger partial charge in [-0.2, -0.15) is 4.98 Å². The lowest BCUT2D eigenvalue weighted by atomic mass is 10.2. The number of ether oxygens (including phenoxy) is 2. The number of carbonyl (C=O) groups excluding carboxylic acids is 1. The number of methoxy groups -OCH3 is 1. The van der Waals surface area contributed by atoms with Gasteiger partial charge in [-0.15, -0.1) is 0 Å². The van der Waals surface area contributed by atoms with Gasteiger partial charge in [0, 0.05) is 13.0 Å². The lowest BCUT2D eigenvalue weighted by molar-refractivity contribution is 0.0528. The van der Waals surface area contributed by atoms with E-state index < -0.39 is 11.7 Å². The molecule has 0 aliphatic heterocycles. The average molecular weight is 319 g/mol. The third kappa shape index (κ3) is 4.98. The van der Waals surface area contributed by atoms with E-state index in [1.807, 2.05) is 45.0 Å². The summed E-state index contributed by atoms with van der Waals surface area (Å²) in [7, 11) is 1.58. The van der Waals surface area contributed by atoms with E-state index in [1.165, 1.54) is 0 Å². The molecular formula is C16H21N3O4. The van der Waals surface area contributed by atoms with E-state index in [4.69, 9.17) is 14.0 Å². The van der Waals surface area contributed by atoms with Crippen molar-refractivity contribution in [3.05, 3.63) is 30.1 Å². The number of amides is 1. The Morgan fingerprint density at radius 2 is 2.04 bits per heavy atom. The van der Waals surface area contributed by atoms with Crippen LogP contribution in [0.2, 0.25) is 0 Å². The Balaban J connectivity index is 1.92. The van der Waals surface area contributed by atoms with E-state index in [2.05, 4.69) is 15.5 Å². The maximum absolute atomic E-state index is 11.5. The normalized spacial score (nSPS) is 11.1. The van der Waals surface area contributed by atoms with Gasteiger partial charge >= 0.3 is 6.09 Å². The molecule has 2 aromatic rings. The van der Waals surface area contributed by atoms with Gasteiger partial charge in [0.25, 0.3) is 5.89 Å². The molecule has 7 nitrogen and oxygen atoms in total. The monoisotopic (exact) mass is 319 g/mol. The first kappa shape index (κ1) is 16.8. The molecule has 0 saturated heterocycles. The van der Waals surface area contributed by atoms with Crippen molar-refractivity contribution < 1.29 is 18.8 Å². The summed E-state index contributed by atoms with van der Waals surface area (Å²) in [5.41, 5.74) is 0.210. The summed E-state index contributed by atoms with van der Waals surface area (Å²) in [5, 5.41) is 6.56. The van der Waals surface area contributed by atoms with Gasteiger partial charge in [-0.25, -0.2) is 4.79 Å². The van der Waals surface area contributed by atoms with Gasteiger partial charge in [0.1, 0.15) is 11.4 Å². The minimum Gasteiger partial charge on any atom is -0.496 e. The molecule has 2 rings (SSSR count). The average Bonchev–Trinajstić information content (AvgIpc) is 2.94. The maximum atomic E-state index is 11.5. The van der Waals surface area contributed by atoms with Gasteiger partial charge in [-0.3, -0.25) is 0 Å². The number of para-hydroxylation sites is 1. The van der Waals surface area contributed by atoms with Gasteiger partial charge in [0.2, 0.25) is 0 Å². The third-order valence-corrected chi connectivity index (χ3v) is 2.82. The highest BCUT2D eigenvalue weighted by Crippen LogP contribution is 2.27. The van der Waals surface area contributed by atoms with Crippen molar-refractivity contribution in [3.8, 4) is 17.2 Å². The lowest BCUT2D eigenvalue weighted by Crippen LogP contribution is -2.33. The minimum atomic E-state index is -0.521. The number of benzene rings is 1. The van der Waals surface area contributed by atoms with E-state index in [9.17, 15) is 4.79 Å². The molecule has 23 heavy (non-hydrogen) atoms. The van der Waals surface area contributed by atoms with Gasteiger partial charge < -0.3 is 19.3 Å². The van der Waals surface area contributed by atoms with Crippen LogP contribution in [0, 0.1) is 0 Å². The van der Waals surface area contributed by atoms with E-state index >= 15 is 0 Å². The number of rotatable bonds is 5. The van der Waals surface area contributed by atoms with Gasteiger partial charge in [0.05, 0.1) is 12.7 Å². The summed E-state index contributed by atoms with van der Waals surface area (Å²) in [6.45, 7) is 5.79. The van der Waals surface area contributed by atoms with E-state index in [0.717, 1.165) is 5.56 Å². The molecule has 124 valence electrons. The van der Waals surface area contributed by atoms with Crippen LogP contribution >= 0.6 is 0 Å². The molecule has 1 N–H and O–H groups in total. The van der Waals surface area contributed by atoms with Crippen molar-refractivity contribution in [2.45, 2.75) is 32.8 Å². The van der Waals surface area contributed by atoms with E-state index in [1.54, 1.807) is 7.11 Å². The molecule has 1 amide bonds. The molecule has 1 aromatic carbocycles. The van der Waals surface area contributed by atoms with Crippen LogP contribution in [0.1, 0.15) is 26.6 Å². The first-order valence-electron chi connectivity index (χ1n) is 7.32. The molecule has 0 fully saturated rings. The number of nitrogens with one attached hydrogen (secondary N) is 1. The van der Waals surface area contributed by atoms with Crippen molar-refractivity contribution >= 4 is 6.09 Å². The highest BCUT2D eigenvalue weighted by molar-refractivity contribution is 5.67. The van der Waals surface area contributed by atoms with Gasteiger partial charge in [-0.1, -0.05) is 17.3 Å². The number of hydrogen-bond acceptors (Lipinski definition) is 6. The molecule has 0 unspecified atom stereocenters. The zero-order valence-electron chi connectivity index (χ0n) is 13.8. The number of carbonyl (C=O) groups is 1. The Morgan fingerprint density at radius 1 is 1.30 bits per heavy atom. The minimum absolute atomic E-state index is 0.361. The van der Waals surface area contributed by atoms with Crippen LogP contribution in [-0.2, 0) is 11.2 Å². The lowest BCUT2D eigenvalue weighted by Gasteiger charge is -2.19. The van der Waals surface area contributed by atoms with Crippen LogP contribution in [-0.4, -0.2) is 35.5 Å². The summed E-state index contributed by atoms with van der Waals surface area (Å²) in [5.74, 6) is 1.55. The number of alkyl carbamates (subject to hydrolysis) is 1. The topological polar surface area (TPSA) is 86.5 Å². The number of aromatic nitrogens is 2. The molecule has 0 aliphatic rings. The van der Waals surface area contributed by atoms with Crippen molar-refractivity contribution in [1.29, 1.82) is 0 Å². The molecule has 0 spiro atoms. The fourth-order valence-corrected chi connectivity index (χ4v) is 1.88. The SMILES string of the molecule is COc1ccccc1-c1nc(CCNC(=O)OC(C)(C)C)no1. The van der Waals surface area contributed by atoms with Crippen molar-refractivity contribution in [2.24, 2.45) is 0 Å². The summed E-state index contributed by atoms with van der Waals surface area (Å²) in [6.07, 6.45) is -0.0244. The molecule has 0 radical (unpaired) electrons. The predicted molar refractivity (Wildman–Crippen MR) is 84.2 cm³/mol. The zero-order chi connectivity index (χ0) is 16.9. The molecule has 0 aliphatic carbocycles. The standard InChI is InChI=1S/C16H21N3O4/c1-16(2,3)22-15(20)17-10-9-13-18-14(23-19-13)11-7-5-6-8-12(11)21-4/h5-8H,9-10H2,1-4H3,(H,17,20). The Hall–Kier alpha value is -2.57. The van der Waals surface area contributed by atoms with Crippen LogP contribution in [0.25, 0.3) is 11.5 Å². The zero-order valence-corrected chi connectivity index (χ0v) is 13.8. The Bertz CT molecular complexity index is 661. The molecule has 1 heterocycles. The Morgan fingerprint density at radius 3 is 2.74 bits per heavy atom. The molecular weight excluding hydrogens is 298 g/mol. The first-order valence-corrected chi connectivity index (χ1v) is 7.32. The highest BCUT2D eigenvalue weighted by atomic mass is 16.6.